The number of carbonyl (C=O) groups is 1. The van der Waals surface area contributed by atoms with Gasteiger partial charge in [0, 0.05) is 70.7 Å². The number of ether oxygens (including phenoxy) is 1. The summed E-state index contributed by atoms with van der Waals surface area (Å²) in [7, 11) is 3.96. The molecular weight excluding hydrogens is 368 g/mol. The van der Waals surface area contributed by atoms with E-state index in [-0.39, 0.29) is 5.91 Å². The number of hydrogen-bond acceptors (Lipinski definition) is 7. The third kappa shape index (κ3) is 4.42. The number of aromatic nitrogens is 2. The molecule has 4 rings (SSSR count). The van der Waals surface area contributed by atoms with Gasteiger partial charge in [0.25, 0.3) is 5.91 Å². The van der Waals surface area contributed by atoms with E-state index in [0.29, 0.717) is 13.1 Å². The van der Waals surface area contributed by atoms with Crippen molar-refractivity contribution in [1.82, 2.24) is 15.1 Å². The van der Waals surface area contributed by atoms with Crippen molar-refractivity contribution in [2.45, 2.75) is 0 Å². The van der Waals surface area contributed by atoms with Gasteiger partial charge in [-0.2, -0.15) is 5.10 Å². The first kappa shape index (κ1) is 19.4. The zero-order chi connectivity index (χ0) is 20.2. The van der Waals surface area contributed by atoms with Crippen LogP contribution in [-0.4, -0.2) is 87.6 Å². The van der Waals surface area contributed by atoms with E-state index in [0.717, 1.165) is 62.1 Å². The highest BCUT2D eigenvalue weighted by atomic mass is 16.5. The summed E-state index contributed by atoms with van der Waals surface area (Å²) in [6.45, 7) is 6.09. The average molecular weight is 396 g/mol. The summed E-state index contributed by atoms with van der Waals surface area (Å²) in [6.07, 6.45) is 1.81. The van der Waals surface area contributed by atoms with Crippen LogP contribution in [0, 0.1) is 0 Å². The molecule has 0 unspecified atom stereocenters. The molecule has 29 heavy (non-hydrogen) atoms. The first-order valence-electron chi connectivity index (χ1n) is 10.1. The average Bonchev–Trinajstić information content (AvgIpc) is 2.79. The van der Waals surface area contributed by atoms with Gasteiger partial charge in [0.15, 0.2) is 5.82 Å². The van der Waals surface area contributed by atoms with Crippen LogP contribution >= 0.6 is 0 Å². The van der Waals surface area contributed by atoms with Crippen LogP contribution in [0.4, 0.5) is 17.2 Å². The monoisotopic (exact) mass is 396 g/mol. The summed E-state index contributed by atoms with van der Waals surface area (Å²) < 4.78 is 5.42. The van der Waals surface area contributed by atoms with Crippen molar-refractivity contribution in [2.24, 2.45) is 0 Å². The molecule has 8 nitrogen and oxygen atoms in total. The lowest BCUT2D eigenvalue weighted by Crippen LogP contribution is -2.49. The van der Waals surface area contributed by atoms with E-state index in [1.165, 1.54) is 0 Å². The van der Waals surface area contributed by atoms with E-state index >= 15 is 0 Å². The van der Waals surface area contributed by atoms with Gasteiger partial charge in [0.05, 0.1) is 25.1 Å². The van der Waals surface area contributed by atoms with Gasteiger partial charge < -0.3 is 24.3 Å². The van der Waals surface area contributed by atoms with Gasteiger partial charge in [0.2, 0.25) is 0 Å². The molecule has 2 aliphatic heterocycles. The smallest absolute Gasteiger partial charge is 0.254 e. The lowest BCUT2D eigenvalue weighted by molar-refractivity contribution is 0.0747. The lowest BCUT2D eigenvalue weighted by Gasteiger charge is -2.36. The number of rotatable bonds is 4. The largest absolute Gasteiger partial charge is 0.378 e. The molecule has 0 bridgehead atoms. The van der Waals surface area contributed by atoms with Crippen molar-refractivity contribution in [1.29, 1.82) is 0 Å². The van der Waals surface area contributed by atoms with E-state index in [4.69, 9.17) is 4.74 Å². The number of carbonyl (C=O) groups excluding carboxylic acids is 1. The van der Waals surface area contributed by atoms with Crippen molar-refractivity contribution in [3.8, 4) is 0 Å². The number of anilines is 3. The van der Waals surface area contributed by atoms with E-state index in [1.807, 2.05) is 54.4 Å². The lowest BCUT2D eigenvalue weighted by atomic mass is 10.1. The quantitative estimate of drug-likeness (QED) is 0.773. The number of hydrogen-bond donors (Lipinski definition) is 0. The number of amides is 1. The fourth-order valence-electron chi connectivity index (χ4n) is 3.73. The molecule has 0 spiro atoms. The third-order valence-electron chi connectivity index (χ3n) is 5.50. The first-order valence-corrected chi connectivity index (χ1v) is 10.1. The van der Waals surface area contributed by atoms with E-state index in [2.05, 4.69) is 26.1 Å². The summed E-state index contributed by atoms with van der Waals surface area (Å²) in [5, 5.41) is 8.49. The minimum absolute atomic E-state index is 0.0928. The van der Waals surface area contributed by atoms with Crippen molar-refractivity contribution in [3.63, 3.8) is 0 Å². The first-order chi connectivity index (χ1) is 14.1. The fraction of sp³-hybridized carbons (Fsp3) is 0.476. The number of nitrogens with zero attached hydrogens (tertiary/aromatic N) is 6. The number of morpholine rings is 1. The van der Waals surface area contributed by atoms with Crippen LogP contribution in [0.15, 0.2) is 36.5 Å². The zero-order valence-corrected chi connectivity index (χ0v) is 17.1. The van der Waals surface area contributed by atoms with Crippen molar-refractivity contribution >= 4 is 23.1 Å². The molecule has 0 aliphatic carbocycles. The Balaban J connectivity index is 1.39. The Kier molecular flexibility index (Phi) is 5.80. The molecule has 0 saturated carbocycles. The van der Waals surface area contributed by atoms with Crippen LogP contribution in [0.2, 0.25) is 0 Å². The van der Waals surface area contributed by atoms with E-state index < -0.39 is 0 Å². The number of piperazine rings is 1. The molecule has 2 fully saturated rings. The van der Waals surface area contributed by atoms with Crippen molar-refractivity contribution < 1.29 is 9.53 Å². The molecule has 2 saturated heterocycles. The van der Waals surface area contributed by atoms with Gasteiger partial charge >= 0.3 is 0 Å². The Labute approximate surface area is 171 Å². The van der Waals surface area contributed by atoms with Crippen LogP contribution < -0.4 is 14.7 Å². The van der Waals surface area contributed by atoms with Crippen LogP contribution in [0.3, 0.4) is 0 Å². The van der Waals surface area contributed by atoms with Crippen molar-refractivity contribution in [3.05, 3.63) is 42.1 Å². The second kappa shape index (κ2) is 8.65. The Morgan fingerprint density at radius 1 is 1.00 bits per heavy atom. The van der Waals surface area contributed by atoms with Gasteiger partial charge in [-0.3, -0.25) is 4.79 Å². The maximum atomic E-state index is 12.9. The molecule has 8 heteroatoms. The molecule has 1 aromatic heterocycles. The van der Waals surface area contributed by atoms with Gasteiger partial charge in [0.1, 0.15) is 0 Å². The topological polar surface area (TPSA) is 65.0 Å². The Morgan fingerprint density at radius 3 is 2.48 bits per heavy atom. The normalized spacial score (nSPS) is 17.4. The van der Waals surface area contributed by atoms with Gasteiger partial charge in [-0.25, -0.2) is 0 Å². The summed E-state index contributed by atoms with van der Waals surface area (Å²) in [5.41, 5.74) is 2.83. The Morgan fingerprint density at radius 2 is 1.76 bits per heavy atom. The van der Waals surface area contributed by atoms with Crippen LogP contribution in [0.5, 0.6) is 0 Å². The highest BCUT2D eigenvalue weighted by Crippen LogP contribution is 2.22. The maximum absolute atomic E-state index is 12.9. The van der Waals surface area contributed by atoms with Crippen molar-refractivity contribution in [2.75, 3.05) is 81.3 Å². The second-order valence-corrected chi connectivity index (χ2v) is 7.60. The molecule has 0 N–H and O–H groups in total. The minimum Gasteiger partial charge on any atom is -0.378 e. The SMILES string of the molecule is CN(C)c1cccc(C(=O)N2CCN(c3cnnc(N4CCOCC4)c3)CC2)c1. The maximum Gasteiger partial charge on any atom is 0.254 e. The summed E-state index contributed by atoms with van der Waals surface area (Å²) in [6, 6.07) is 9.89. The molecule has 2 aromatic rings. The number of benzene rings is 1. The Hall–Kier alpha value is -2.87. The Bertz CT molecular complexity index is 845. The molecule has 154 valence electrons. The standard InChI is InChI=1S/C21H28N6O2/c1-24(2)18-5-3-4-17(14-18)21(28)27-8-6-25(7-9-27)19-15-20(23-22-16-19)26-10-12-29-13-11-26/h3-5,14-16H,6-13H2,1-2H3. The second-order valence-electron chi connectivity index (χ2n) is 7.60. The van der Waals surface area contributed by atoms with Gasteiger partial charge in [-0.15, -0.1) is 5.10 Å². The molecule has 1 amide bonds. The highest BCUT2D eigenvalue weighted by Gasteiger charge is 2.23. The van der Waals surface area contributed by atoms with Crippen LogP contribution in [0.25, 0.3) is 0 Å². The van der Waals surface area contributed by atoms with Crippen LogP contribution in [0.1, 0.15) is 10.4 Å². The fourth-order valence-corrected chi connectivity index (χ4v) is 3.73. The molecule has 1 aromatic carbocycles. The van der Waals surface area contributed by atoms with E-state index in [1.54, 1.807) is 0 Å². The molecule has 3 heterocycles. The summed E-state index contributed by atoms with van der Waals surface area (Å²) in [4.78, 5) is 21.4. The predicted octanol–water partition coefficient (Wildman–Crippen LogP) is 1.34. The van der Waals surface area contributed by atoms with Gasteiger partial charge in [-0.1, -0.05) is 6.07 Å². The minimum atomic E-state index is 0.0928. The predicted molar refractivity (Wildman–Crippen MR) is 114 cm³/mol. The zero-order valence-electron chi connectivity index (χ0n) is 17.1. The molecule has 2 aliphatic rings. The third-order valence-corrected chi connectivity index (χ3v) is 5.50. The van der Waals surface area contributed by atoms with E-state index in [9.17, 15) is 4.79 Å². The molecular formula is C21H28N6O2. The highest BCUT2D eigenvalue weighted by molar-refractivity contribution is 5.95. The van der Waals surface area contributed by atoms with Gasteiger partial charge in [-0.05, 0) is 18.2 Å². The summed E-state index contributed by atoms with van der Waals surface area (Å²) >= 11 is 0. The molecule has 0 radical (unpaired) electrons. The summed E-state index contributed by atoms with van der Waals surface area (Å²) in [5.74, 6) is 0.986. The molecule has 0 atom stereocenters. The van der Waals surface area contributed by atoms with Crippen LogP contribution in [-0.2, 0) is 4.74 Å².